The average Bonchev–Trinajstić information content (AvgIpc) is 3.22. The van der Waals surface area contributed by atoms with Gasteiger partial charge in [0, 0.05) is 0 Å². The number of carbonyl (C=O) groups is 5. The Morgan fingerprint density at radius 3 is 1.47 bits per heavy atom. The van der Waals surface area contributed by atoms with Crippen molar-refractivity contribution in [1.82, 2.24) is 0 Å². The van der Waals surface area contributed by atoms with Gasteiger partial charge in [0.2, 0.25) is 0 Å². The molecule has 0 amide bonds. The monoisotopic (exact) mass is 788 g/mol. The maximum atomic E-state index is 12.8. The third kappa shape index (κ3) is 16.8. The molecule has 0 fully saturated rings. The maximum absolute atomic E-state index is 12.8. The molecular weight excluding hydrogens is 728 g/mol. The van der Waals surface area contributed by atoms with Crippen LogP contribution in [-0.2, 0) is 33.3 Å². The Hall–Kier alpha value is -5.19. The van der Waals surface area contributed by atoms with Crippen molar-refractivity contribution in [3.05, 3.63) is 83.9 Å². The molecule has 11 nitrogen and oxygen atoms in total. The second kappa shape index (κ2) is 25.1. The molecule has 0 aromatic heterocycles. The molecule has 0 aliphatic heterocycles. The molecule has 0 aliphatic carbocycles. The number of unbranched alkanes of at least 4 members (excludes halogenated alkanes) is 9. The van der Waals surface area contributed by atoms with Crippen molar-refractivity contribution < 1.29 is 52.4 Å². The topological polar surface area (TPSA) is 141 Å². The number of hydrogen-bond acceptors (Lipinski definition) is 11. The first-order chi connectivity index (χ1) is 27.4. The van der Waals surface area contributed by atoms with Gasteiger partial charge in [0.25, 0.3) is 0 Å². The molecule has 0 radical (unpaired) electrons. The van der Waals surface area contributed by atoms with E-state index in [2.05, 4.69) is 6.92 Å². The van der Waals surface area contributed by atoms with E-state index in [0.717, 1.165) is 36.1 Å². The first-order valence-corrected chi connectivity index (χ1v) is 20.4. The van der Waals surface area contributed by atoms with Gasteiger partial charge in [0.05, 0.1) is 24.3 Å². The first-order valence-electron chi connectivity index (χ1n) is 20.4. The van der Waals surface area contributed by atoms with Gasteiger partial charge in [0.1, 0.15) is 11.5 Å². The molecule has 57 heavy (non-hydrogen) atoms. The van der Waals surface area contributed by atoms with Crippen LogP contribution in [0.5, 0.6) is 11.5 Å². The lowest BCUT2D eigenvalue weighted by atomic mass is 10.0. The highest BCUT2D eigenvalue weighted by Gasteiger charge is 2.29. The Kier molecular flexibility index (Phi) is 20.4. The summed E-state index contributed by atoms with van der Waals surface area (Å²) in [5, 5.41) is 0. The van der Waals surface area contributed by atoms with Crippen molar-refractivity contribution >= 4 is 29.8 Å². The molecular formula is C46H60O11. The van der Waals surface area contributed by atoms with Crippen molar-refractivity contribution in [2.24, 2.45) is 5.92 Å². The molecule has 0 N–H and O–H groups in total. The highest BCUT2D eigenvalue weighted by Crippen LogP contribution is 2.24. The predicted octanol–water partition coefficient (Wildman–Crippen LogP) is 9.87. The van der Waals surface area contributed by atoms with Crippen molar-refractivity contribution in [1.29, 1.82) is 0 Å². The fourth-order valence-electron chi connectivity index (χ4n) is 5.52. The van der Waals surface area contributed by atoms with Crippen LogP contribution in [0.15, 0.2) is 72.8 Å². The quantitative estimate of drug-likeness (QED) is 0.0351. The molecule has 11 heteroatoms. The summed E-state index contributed by atoms with van der Waals surface area (Å²) in [6.07, 6.45) is 9.63. The minimum absolute atomic E-state index is 0.164. The van der Waals surface area contributed by atoms with Crippen molar-refractivity contribution in [3.8, 4) is 22.6 Å². The third-order valence-corrected chi connectivity index (χ3v) is 9.45. The summed E-state index contributed by atoms with van der Waals surface area (Å²) in [7, 11) is 0. The van der Waals surface area contributed by atoms with Crippen LogP contribution in [0.2, 0.25) is 0 Å². The highest BCUT2D eigenvalue weighted by molar-refractivity contribution is 5.93. The summed E-state index contributed by atoms with van der Waals surface area (Å²) in [6.45, 7) is 11.0. The number of esters is 5. The molecule has 4 unspecified atom stereocenters. The third-order valence-electron chi connectivity index (χ3n) is 9.45. The lowest BCUT2D eigenvalue weighted by Crippen LogP contribution is -2.36. The van der Waals surface area contributed by atoms with Crippen LogP contribution in [0.25, 0.3) is 11.1 Å². The largest absolute Gasteiger partial charge is 0.494 e. The van der Waals surface area contributed by atoms with Gasteiger partial charge in [-0.2, -0.15) is 0 Å². The van der Waals surface area contributed by atoms with Gasteiger partial charge in [-0.3, -0.25) is 0 Å². The van der Waals surface area contributed by atoms with E-state index in [1.165, 1.54) is 72.1 Å². The zero-order valence-corrected chi connectivity index (χ0v) is 34.4. The molecule has 3 aromatic rings. The number of rotatable bonds is 25. The number of ether oxygens (including phenoxy) is 6. The summed E-state index contributed by atoms with van der Waals surface area (Å²) in [6, 6.07) is 20.4. The number of carbonyl (C=O) groups excluding carboxylic acids is 5. The lowest BCUT2D eigenvalue weighted by Gasteiger charge is -2.19. The second-order valence-electron chi connectivity index (χ2n) is 14.4. The van der Waals surface area contributed by atoms with Crippen molar-refractivity contribution in [2.75, 3.05) is 13.2 Å². The minimum atomic E-state index is -1.35. The van der Waals surface area contributed by atoms with E-state index in [1.807, 2.05) is 13.8 Å². The molecule has 0 saturated carbocycles. The Morgan fingerprint density at radius 1 is 0.491 bits per heavy atom. The van der Waals surface area contributed by atoms with Crippen LogP contribution in [0, 0.1) is 5.92 Å². The SMILES string of the molecule is CCCCCCCCCCCCOc1ccc(C(=O)Oc2ccc(-c3ccc(C(=O)OC(C)C(=O)OC(C)C(=O)OC(C)C(=O)OCC(C)CC)cc3)cc2)cc1. The van der Waals surface area contributed by atoms with E-state index in [1.54, 1.807) is 72.8 Å². The molecule has 0 saturated heterocycles. The van der Waals surface area contributed by atoms with E-state index >= 15 is 0 Å². The summed E-state index contributed by atoms with van der Waals surface area (Å²) in [5.74, 6) is -2.60. The van der Waals surface area contributed by atoms with E-state index in [0.29, 0.717) is 17.9 Å². The summed E-state index contributed by atoms with van der Waals surface area (Å²) >= 11 is 0. The van der Waals surface area contributed by atoms with Crippen LogP contribution in [0.4, 0.5) is 0 Å². The fraction of sp³-hybridized carbons (Fsp3) is 0.500. The average molecular weight is 789 g/mol. The van der Waals surface area contributed by atoms with Gasteiger partial charge in [0.15, 0.2) is 18.3 Å². The Morgan fingerprint density at radius 2 is 0.930 bits per heavy atom. The zero-order chi connectivity index (χ0) is 41.6. The van der Waals surface area contributed by atoms with Gasteiger partial charge in [-0.25, -0.2) is 24.0 Å². The second-order valence-corrected chi connectivity index (χ2v) is 14.4. The van der Waals surface area contributed by atoms with Gasteiger partial charge in [-0.15, -0.1) is 0 Å². The summed E-state index contributed by atoms with van der Waals surface area (Å²) < 4.78 is 32.0. The number of hydrogen-bond donors (Lipinski definition) is 0. The standard InChI is InChI=1S/C46H60O11/c1-7-9-10-11-12-13-14-15-16-17-30-52-40-26-24-39(25-27-40)46(51)57-41-28-22-37(23-29-41)36-18-20-38(21-19-36)45(50)56-35(6)44(49)55-34(5)43(48)54-33(4)42(47)53-31-32(3)8-2/h18-29,32-35H,7-17,30-31H2,1-6H3. The molecule has 0 heterocycles. The van der Waals surface area contributed by atoms with Crippen LogP contribution in [0.3, 0.4) is 0 Å². The summed E-state index contributed by atoms with van der Waals surface area (Å²) in [4.78, 5) is 62.6. The molecule has 4 atom stereocenters. The van der Waals surface area contributed by atoms with Crippen LogP contribution in [-0.4, -0.2) is 61.4 Å². The van der Waals surface area contributed by atoms with E-state index in [4.69, 9.17) is 28.4 Å². The molecule has 3 aromatic carbocycles. The molecule has 0 bridgehead atoms. The van der Waals surface area contributed by atoms with E-state index < -0.39 is 48.2 Å². The maximum Gasteiger partial charge on any atom is 0.348 e. The van der Waals surface area contributed by atoms with Crippen LogP contribution in [0.1, 0.15) is 133 Å². The molecule has 310 valence electrons. The molecule has 3 rings (SSSR count). The van der Waals surface area contributed by atoms with Crippen LogP contribution < -0.4 is 9.47 Å². The predicted molar refractivity (Wildman–Crippen MR) is 217 cm³/mol. The fourth-order valence-corrected chi connectivity index (χ4v) is 5.52. The van der Waals surface area contributed by atoms with Crippen LogP contribution >= 0.6 is 0 Å². The van der Waals surface area contributed by atoms with Gasteiger partial charge in [-0.1, -0.05) is 109 Å². The highest BCUT2D eigenvalue weighted by atomic mass is 16.6. The van der Waals surface area contributed by atoms with Gasteiger partial charge < -0.3 is 28.4 Å². The van der Waals surface area contributed by atoms with Gasteiger partial charge in [-0.05, 0) is 92.8 Å². The first kappa shape index (κ1) is 46.2. The zero-order valence-electron chi connectivity index (χ0n) is 34.4. The lowest BCUT2D eigenvalue weighted by molar-refractivity contribution is -0.179. The Balaban J connectivity index is 1.39. The molecule has 0 aliphatic rings. The Bertz CT molecular complexity index is 1680. The van der Waals surface area contributed by atoms with E-state index in [-0.39, 0.29) is 18.1 Å². The van der Waals surface area contributed by atoms with Crippen molar-refractivity contribution in [3.63, 3.8) is 0 Å². The molecule has 0 spiro atoms. The normalized spacial score (nSPS) is 13.0. The Labute approximate surface area is 337 Å². The summed E-state index contributed by atoms with van der Waals surface area (Å²) in [5.41, 5.74) is 2.20. The van der Waals surface area contributed by atoms with Gasteiger partial charge >= 0.3 is 29.8 Å². The smallest absolute Gasteiger partial charge is 0.348 e. The van der Waals surface area contributed by atoms with E-state index in [9.17, 15) is 24.0 Å². The number of benzene rings is 3. The van der Waals surface area contributed by atoms with Crippen molar-refractivity contribution in [2.45, 2.75) is 130 Å². The minimum Gasteiger partial charge on any atom is -0.494 e.